The fraction of sp³-hybridized carbons (Fsp3) is 0.615. The van der Waals surface area contributed by atoms with Crippen LogP contribution in [-0.4, -0.2) is 19.9 Å². The highest BCUT2D eigenvalue weighted by molar-refractivity contribution is 7.89. The Morgan fingerprint density at radius 1 is 1.42 bits per heavy atom. The van der Waals surface area contributed by atoms with E-state index in [9.17, 15) is 8.42 Å². The Bertz CT molecular complexity index is 530. The van der Waals surface area contributed by atoms with E-state index in [1.54, 1.807) is 6.07 Å². The molecule has 106 valence electrons. The van der Waals surface area contributed by atoms with E-state index in [0.29, 0.717) is 18.4 Å². The Balaban J connectivity index is 2.04. The van der Waals surface area contributed by atoms with E-state index in [2.05, 4.69) is 16.6 Å². The highest BCUT2D eigenvalue weighted by Crippen LogP contribution is 2.29. The molecule has 2 rings (SSSR count). The number of sulfonamides is 1. The van der Waals surface area contributed by atoms with Crippen molar-refractivity contribution in [2.45, 2.75) is 37.5 Å². The van der Waals surface area contributed by atoms with Crippen LogP contribution in [0.5, 0.6) is 0 Å². The maximum atomic E-state index is 12.2. The molecule has 0 saturated heterocycles. The third-order valence-corrected chi connectivity index (χ3v) is 5.38. The summed E-state index contributed by atoms with van der Waals surface area (Å²) in [5, 5.41) is 0. The fourth-order valence-electron chi connectivity index (χ4n) is 2.62. The lowest BCUT2D eigenvalue weighted by atomic mass is 9.81. The van der Waals surface area contributed by atoms with Gasteiger partial charge in [0.2, 0.25) is 10.0 Å². The van der Waals surface area contributed by atoms with E-state index in [1.807, 2.05) is 0 Å². The molecule has 0 spiro atoms. The molecule has 19 heavy (non-hydrogen) atoms. The second-order valence-corrected chi connectivity index (χ2v) is 7.00. The van der Waals surface area contributed by atoms with Gasteiger partial charge in [0, 0.05) is 12.7 Å². The summed E-state index contributed by atoms with van der Waals surface area (Å²) >= 11 is 0. The molecule has 1 fully saturated rings. The van der Waals surface area contributed by atoms with Crippen LogP contribution in [0.25, 0.3) is 0 Å². The van der Waals surface area contributed by atoms with Crippen molar-refractivity contribution in [3.63, 3.8) is 0 Å². The molecule has 1 saturated carbocycles. The lowest BCUT2D eigenvalue weighted by Crippen LogP contribution is -2.33. The molecule has 5 nitrogen and oxygen atoms in total. The summed E-state index contributed by atoms with van der Waals surface area (Å²) < 4.78 is 27.0. The Morgan fingerprint density at radius 3 is 2.84 bits per heavy atom. The zero-order valence-electron chi connectivity index (χ0n) is 11.2. The summed E-state index contributed by atoms with van der Waals surface area (Å²) in [5.41, 5.74) is 5.61. The van der Waals surface area contributed by atoms with E-state index in [0.717, 1.165) is 6.42 Å². The predicted molar refractivity (Wildman–Crippen MR) is 75.0 cm³/mol. The molecule has 1 aliphatic rings. The minimum absolute atomic E-state index is 0.0479. The molecule has 0 radical (unpaired) electrons. The van der Waals surface area contributed by atoms with Crippen LogP contribution in [0.2, 0.25) is 0 Å². The van der Waals surface area contributed by atoms with Crippen LogP contribution in [0.3, 0.4) is 0 Å². The summed E-state index contributed by atoms with van der Waals surface area (Å²) in [6, 6.07) is 3.06. The minimum Gasteiger partial charge on any atom is -0.383 e. The van der Waals surface area contributed by atoms with Crippen LogP contribution in [0, 0.1) is 11.8 Å². The van der Waals surface area contributed by atoms with Gasteiger partial charge < -0.3 is 5.73 Å². The quantitative estimate of drug-likeness (QED) is 0.882. The molecule has 0 amide bonds. The number of hydrogen-bond donors (Lipinski definition) is 2. The lowest BCUT2D eigenvalue weighted by Gasteiger charge is -2.28. The number of pyridine rings is 1. The molecular formula is C13H21N3O2S. The Labute approximate surface area is 114 Å². The lowest BCUT2D eigenvalue weighted by molar-refractivity contribution is 0.257. The van der Waals surface area contributed by atoms with Crippen LogP contribution in [0.15, 0.2) is 23.2 Å². The molecule has 1 aromatic heterocycles. The predicted octanol–water partition coefficient (Wildman–Crippen LogP) is 1.77. The van der Waals surface area contributed by atoms with Gasteiger partial charge in [-0.15, -0.1) is 0 Å². The second kappa shape index (κ2) is 5.88. The van der Waals surface area contributed by atoms with E-state index in [-0.39, 0.29) is 10.7 Å². The number of nitrogens with zero attached hydrogens (tertiary/aromatic N) is 1. The summed E-state index contributed by atoms with van der Waals surface area (Å²) in [6.45, 7) is 2.67. The standard InChI is InChI=1S/C13H21N3O2S/c1-10-5-2-3-6-11(10)9-16-19(17,18)12-7-4-8-15-13(12)14/h4,7-8,10-11,16H,2-3,5-6,9H2,1H3,(H2,14,15). The van der Waals surface area contributed by atoms with Crippen molar-refractivity contribution >= 4 is 15.8 Å². The van der Waals surface area contributed by atoms with Crippen molar-refractivity contribution in [1.29, 1.82) is 0 Å². The van der Waals surface area contributed by atoms with Crippen molar-refractivity contribution in [2.24, 2.45) is 11.8 Å². The van der Waals surface area contributed by atoms with Crippen LogP contribution in [0.4, 0.5) is 5.82 Å². The van der Waals surface area contributed by atoms with Gasteiger partial charge in [-0.2, -0.15) is 0 Å². The van der Waals surface area contributed by atoms with Gasteiger partial charge in [-0.25, -0.2) is 18.1 Å². The van der Waals surface area contributed by atoms with Crippen LogP contribution < -0.4 is 10.5 Å². The van der Waals surface area contributed by atoms with E-state index >= 15 is 0 Å². The number of nitrogens with one attached hydrogen (secondary N) is 1. The molecule has 1 aliphatic carbocycles. The molecule has 0 aliphatic heterocycles. The number of aromatic nitrogens is 1. The Hall–Kier alpha value is -1.14. The van der Waals surface area contributed by atoms with Crippen LogP contribution in [-0.2, 0) is 10.0 Å². The SMILES string of the molecule is CC1CCCCC1CNS(=O)(=O)c1cccnc1N. The average molecular weight is 283 g/mol. The molecule has 1 heterocycles. The van der Waals surface area contributed by atoms with Gasteiger partial charge in [-0.1, -0.05) is 26.2 Å². The van der Waals surface area contributed by atoms with Gasteiger partial charge in [0.05, 0.1) is 0 Å². The molecule has 2 atom stereocenters. The minimum atomic E-state index is -3.55. The van der Waals surface area contributed by atoms with Gasteiger partial charge in [-0.3, -0.25) is 0 Å². The molecule has 2 unspecified atom stereocenters. The van der Waals surface area contributed by atoms with Gasteiger partial charge >= 0.3 is 0 Å². The van der Waals surface area contributed by atoms with Gasteiger partial charge in [0.25, 0.3) is 0 Å². The zero-order chi connectivity index (χ0) is 13.9. The first kappa shape index (κ1) is 14.3. The van der Waals surface area contributed by atoms with Crippen molar-refractivity contribution in [1.82, 2.24) is 9.71 Å². The van der Waals surface area contributed by atoms with Gasteiger partial charge in [-0.05, 0) is 30.4 Å². The number of rotatable bonds is 4. The third-order valence-electron chi connectivity index (χ3n) is 3.91. The summed E-state index contributed by atoms with van der Waals surface area (Å²) in [4.78, 5) is 3.88. The Kier molecular flexibility index (Phi) is 4.42. The molecule has 0 aromatic carbocycles. The van der Waals surface area contributed by atoms with Crippen LogP contribution >= 0.6 is 0 Å². The summed E-state index contributed by atoms with van der Waals surface area (Å²) in [7, 11) is -3.55. The van der Waals surface area contributed by atoms with E-state index in [4.69, 9.17) is 5.73 Å². The summed E-state index contributed by atoms with van der Waals surface area (Å²) in [5.74, 6) is 1.04. The van der Waals surface area contributed by atoms with Crippen molar-refractivity contribution in [3.05, 3.63) is 18.3 Å². The first-order chi connectivity index (χ1) is 9.00. The fourth-order valence-corrected chi connectivity index (χ4v) is 3.80. The monoisotopic (exact) mass is 283 g/mol. The largest absolute Gasteiger partial charge is 0.383 e. The number of nitrogens with two attached hydrogens (primary N) is 1. The number of nitrogen functional groups attached to an aromatic ring is 1. The zero-order valence-corrected chi connectivity index (χ0v) is 12.0. The first-order valence-electron chi connectivity index (χ1n) is 6.71. The van der Waals surface area contributed by atoms with E-state index in [1.165, 1.54) is 31.5 Å². The molecule has 1 aromatic rings. The third kappa shape index (κ3) is 3.45. The smallest absolute Gasteiger partial charge is 0.244 e. The maximum Gasteiger partial charge on any atom is 0.244 e. The highest BCUT2D eigenvalue weighted by atomic mass is 32.2. The summed E-state index contributed by atoms with van der Waals surface area (Å²) in [6.07, 6.45) is 6.19. The highest BCUT2D eigenvalue weighted by Gasteiger charge is 2.24. The molecule has 0 bridgehead atoms. The Morgan fingerprint density at radius 2 is 2.16 bits per heavy atom. The maximum absolute atomic E-state index is 12.2. The van der Waals surface area contributed by atoms with Crippen molar-refractivity contribution in [3.8, 4) is 0 Å². The number of anilines is 1. The van der Waals surface area contributed by atoms with E-state index < -0.39 is 10.0 Å². The topological polar surface area (TPSA) is 85.1 Å². The second-order valence-electron chi connectivity index (χ2n) is 5.26. The first-order valence-corrected chi connectivity index (χ1v) is 8.19. The molecular weight excluding hydrogens is 262 g/mol. The number of hydrogen-bond acceptors (Lipinski definition) is 4. The van der Waals surface area contributed by atoms with Crippen molar-refractivity contribution in [2.75, 3.05) is 12.3 Å². The molecule has 3 N–H and O–H groups in total. The van der Waals surface area contributed by atoms with Gasteiger partial charge in [0.15, 0.2) is 0 Å². The molecule has 6 heteroatoms. The normalized spacial score (nSPS) is 24.3. The van der Waals surface area contributed by atoms with Crippen molar-refractivity contribution < 1.29 is 8.42 Å². The average Bonchev–Trinajstić information content (AvgIpc) is 2.38. The van der Waals surface area contributed by atoms with Crippen LogP contribution in [0.1, 0.15) is 32.6 Å². The van der Waals surface area contributed by atoms with Gasteiger partial charge in [0.1, 0.15) is 10.7 Å².